The van der Waals surface area contributed by atoms with E-state index in [0.29, 0.717) is 23.8 Å². The maximum Gasteiger partial charge on any atom is 0.341 e. The van der Waals surface area contributed by atoms with Crippen LogP contribution < -0.4 is 9.47 Å². The maximum absolute atomic E-state index is 10.9. The lowest BCUT2D eigenvalue weighted by molar-refractivity contribution is -0.139. The predicted molar refractivity (Wildman–Crippen MR) is 120 cm³/mol. The molecule has 1 N–H and O–H groups in total. The lowest BCUT2D eigenvalue weighted by Gasteiger charge is -2.21. The summed E-state index contributed by atoms with van der Waals surface area (Å²) in [5, 5.41) is 8.92. The van der Waals surface area contributed by atoms with Crippen molar-refractivity contribution >= 4 is 17.9 Å². The number of allylic oxidation sites excluding steroid dienone is 1. The highest BCUT2D eigenvalue weighted by molar-refractivity contribution is 5.84. The van der Waals surface area contributed by atoms with Crippen molar-refractivity contribution in [2.75, 3.05) is 13.7 Å². The number of aliphatic imine (C=N–C) groups is 1. The smallest absolute Gasteiger partial charge is 0.341 e. The summed E-state index contributed by atoms with van der Waals surface area (Å²) in [7, 11) is 1.53. The monoisotopic (exact) mass is 407 g/mol. The number of nitrogens with zero attached hydrogens (tertiary/aromatic N) is 1. The van der Waals surface area contributed by atoms with E-state index in [4.69, 9.17) is 14.6 Å². The first kappa shape index (κ1) is 21.6. The average Bonchev–Trinajstić information content (AvgIpc) is 2.77. The molecule has 0 amide bonds. The standard InChI is InChI=1S/C25H29NO4/c1-3-7-21-14-18(15-23(29-2)25(21)30-17-24(27)28)16-26-22-12-10-20(11-13-22)19-8-5-4-6-9-19/h3,10-16,19H,1,4-9,17H2,2H3,(H,27,28). The molecule has 0 radical (unpaired) electrons. The Morgan fingerprint density at radius 3 is 2.57 bits per heavy atom. The van der Waals surface area contributed by atoms with Gasteiger partial charge in [-0.1, -0.05) is 37.5 Å². The first-order valence-electron chi connectivity index (χ1n) is 10.4. The van der Waals surface area contributed by atoms with Crippen molar-refractivity contribution < 1.29 is 19.4 Å². The zero-order valence-electron chi connectivity index (χ0n) is 17.5. The van der Waals surface area contributed by atoms with Crippen molar-refractivity contribution in [3.63, 3.8) is 0 Å². The SMILES string of the molecule is C=CCc1cc(C=Nc2ccc(C3CCCCC3)cc2)cc(OC)c1OCC(=O)O. The fraction of sp³-hybridized carbons (Fsp3) is 0.360. The van der Waals surface area contributed by atoms with Crippen LogP contribution in [0.5, 0.6) is 11.5 Å². The van der Waals surface area contributed by atoms with Gasteiger partial charge in [-0.25, -0.2) is 4.79 Å². The van der Waals surface area contributed by atoms with Gasteiger partial charge in [0, 0.05) is 11.8 Å². The number of carbonyl (C=O) groups is 1. The molecule has 1 aliphatic carbocycles. The van der Waals surface area contributed by atoms with Gasteiger partial charge in [0.25, 0.3) is 0 Å². The number of hydrogen-bond acceptors (Lipinski definition) is 4. The average molecular weight is 408 g/mol. The van der Waals surface area contributed by atoms with Crippen LogP contribution in [0.25, 0.3) is 0 Å². The Bertz CT molecular complexity index is 896. The Morgan fingerprint density at radius 1 is 1.20 bits per heavy atom. The molecule has 0 bridgehead atoms. The van der Waals surface area contributed by atoms with Gasteiger partial charge in [0.2, 0.25) is 0 Å². The molecule has 2 aromatic carbocycles. The number of rotatable bonds is 9. The second kappa shape index (κ2) is 10.6. The van der Waals surface area contributed by atoms with Crippen LogP contribution in [0.4, 0.5) is 5.69 Å². The fourth-order valence-electron chi connectivity index (χ4n) is 3.93. The number of carboxylic acid groups (broad SMARTS) is 1. The molecule has 0 atom stereocenters. The normalized spacial score (nSPS) is 14.6. The van der Waals surface area contributed by atoms with E-state index in [1.54, 1.807) is 18.4 Å². The molecule has 30 heavy (non-hydrogen) atoms. The number of aliphatic carboxylic acids is 1. The van der Waals surface area contributed by atoms with Gasteiger partial charge < -0.3 is 14.6 Å². The van der Waals surface area contributed by atoms with Crippen molar-refractivity contribution in [3.8, 4) is 11.5 Å². The third kappa shape index (κ3) is 5.72. The van der Waals surface area contributed by atoms with Crippen molar-refractivity contribution in [2.45, 2.75) is 44.4 Å². The van der Waals surface area contributed by atoms with Crippen molar-refractivity contribution in [3.05, 3.63) is 65.7 Å². The highest BCUT2D eigenvalue weighted by atomic mass is 16.5. The van der Waals surface area contributed by atoms with Crippen molar-refractivity contribution in [1.29, 1.82) is 0 Å². The minimum atomic E-state index is -1.04. The molecule has 1 aliphatic rings. The summed E-state index contributed by atoms with van der Waals surface area (Å²) < 4.78 is 10.9. The molecular formula is C25H29NO4. The van der Waals surface area contributed by atoms with Gasteiger partial charge in [0.05, 0.1) is 12.8 Å². The van der Waals surface area contributed by atoms with Gasteiger partial charge in [0.1, 0.15) is 0 Å². The number of carboxylic acids is 1. The van der Waals surface area contributed by atoms with E-state index in [0.717, 1.165) is 16.8 Å². The van der Waals surface area contributed by atoms with E-state index >= 15 is 0 Å². The number of benzene rings is 2. The second-order valence-corrected chi connectivity index (χ2v) is 7.57. The molecular weight excluding hydrogens is 378 g/mol. The van der Waals surface area contributed by atoms with E-state index in [2.05, 4.69) is 35.8 Å². The third-order valence-electron chi connectivity index (χ3n) is 5.41. The quantitative estimate of drug-likeness (QED) is 0.429. The van der Waals surface area contributed by atoms with Crippen molar-refractivity contribution in [1.82, 2.24) is 0 Å². The number of methoxy groups -OCH3 is 1. The van der Waals surface area contributed by atoms with E-state index in [-0.39, 0.29) is 0 Å². The molecule has 0 saturated heterocycles. The summed E-state index contributed by atoms with van der Waals surface area (Å²) in [5.74, 6) is 0.545. The first-order chi connectivity index (χ1) is 14.6. The van der Waals surface area contributed by atoms with E-state index in [1.165, 1.54) is 44.8 Å². The highest BCUT2D eigenvalue weighted by Crippen LogP contribution is 2.34. The molecule has 5 heteroatoms. The summed E-state index contributed by atoms with van der Waals surface area (Å²) in [4.78, 5) is 15.5. The topological polar surface area (TPSA) is 68.1 Å². The Labute approximate surface area is 178 Å². The molecule has 2 aromatic rings. The number of ether oxygens (including phenoxy) is 2. The highest BCUT2D eigenvalue weighted by Gasteiger charge is 2.15. The Kier molecular flexibility index (Phi) is 7.66. The molecule has 0 aromatic heterocycles. The lowest BCUT2D eigenvalue weighted by Crippen LogP contribution is -2.11. The van der Waals surface area contributed by atoms with Crippen LogP contribution >= 0.6 is 0 Å². The molecule has 0 aliphatic heterocycles. The van der Waals surface area contributed by atoms with Gasteiger partial charge in [-0.05, 0) is 60.6 Å². The Hall–Kier alpha value is -3.08. The van der Waals surface area contributed by atoms with Crippen LogP contribution in [-0.2, 0) is 11.2 Å². The largest absolute Gasteiger partial charge is 0.493 e. The summed E-state index contributed by atoms with van der Waals surface area (Å²) in [6.45, 7) is 3.34. The zero-order chi connectivity index (χ0) is 21.3. The van der Waals surface area contributed by atoms with Crippen LogP contribution in [0.3, 0.4) is 0 Å². The summed E-state index contributed by atoms with van der Waals surface area (Å²) in [5.41, 5.74) is 3.95. The van der Waals surface area contributed by atoms with Gasteiger partial charge in [-0.3, -0.25) is 4.99 Å². The van der Waals surface area contributed by atoms with Crippen LogP contribution in [0.1, 0.15) is 54.7 Å². The fourth-order valence-corrected chi connectivity index (χ4v) is 3.93. The van der Waals surface area contributed by atoms with E-state index in [9.17, 15) is 4.79 Å². The minimum absolute atomic E-state index is 0.425. The summed E-state index contributed by atoms with van der Waals surface area (Å²) in [6.07, 6.45) is 10.6. The van der Waals surface area contributed by atoms with Gasteiger partial charge in [0.15, 0.2) is 18.1 Å². The predicted octanol–water partition coefficient (Wildman–Crippen LogP) is 5.69. The minimum Gasteiger partial charge on any atom is -0.493 e. The van der Waals surface area contributed by atoms with Crippen LogP contribution in [-0.4, -0.2) is 31.0 Å². The molecule has 3 rings (SSSR count). The summed E-state index contributed by atoms with van der Waals surface area (Å²) in [6, 6.07) is 12.2. The molecule has 1 fully saturated rings. The molecule has 0 spiro atoms. The van der Waals surface area contributed by atoms with E-state index < -0.39 is 12.6 Å². The molecule has 5 nitrogen and oxygen atoms in total. The molecule has 1 saturated carbocycles. The maximum atomic E-state index is 10.9. The summed E-state index contributed by atoms with van der Waals surface area (Å²) >= 11 is 0. The Morgan fingerprint density at radius 2 is 1.93 bits per heavy atom. The lowest BCUT2D eigenvalue weighted by atomic mass is 9.84. The second-order valence-electron chi connectivity index (χ2n) is 7.57. The Balaban J connectivity index is 1.79. The molecule has 0 unspecified atom stereocenters. The van der Waals surface area contributed by atoms with Crippen LogP contribution in [0.15, 0.2) is 54.0 Å². The third-order valence-corrected chi connectivity index (χ3v) is 5.41. The van der Waals surface area contributed by atoms with Crippen molar-refractivity contribution in [2.24, 2.45) is 4.99 Å². The van der Waals surface area contributed by atoms with Crippen LogP contribution in [0, 0.1) is 0 Å². The number of hydrogen-bond donors (Lipinski definition) is 1. The van der Waals surface area contributed by atoms with Gasteiger partial charge in [-0.2, -0.15) is 0 Å². The first-order valence-corrected chi connectivity index (χ1v) is 10.4. The molecule has 158 valence electrons. The molecule has 0 heterocycles. The van der Waals surface area contributed by atoms with Gasteiger partial charge >= 0.3 is 5.97 Å². The van der Waals surface area contributed by atoms with E-state index in [1.807, 2.05) is 6.07 Å². The van der Waals surface area contributed by atoms with Gasteiger partial charge in [-0.15, -0.1) is 6.58 Å². The van der Waals surface area contributed by atoms with Crippen LogP contribution in [0.2, 0.25) is 0 Å². The zero-order valence-corrected chi connectivity index (χ0v) is 17.5.